The Morgan fingerprint density at radius 2 is 2.40 bits per heavy atom. The Balaban J connectivity index is 2.31. The average Bonchev–Trinajstić information content (AvgIpc) is 2.65. The fourth-order valence-corrected chi connectivity index (χ4v) is 1.11. The van der Waals surface area contributed by atoms with E-state index in [2.05, 4.69) is 15.3 Å². The highest BCUT2D eigenvalue weighted by Crippen LogP contribution is 2.00. The van der Waals surface area contributed by atoms with Gasteiger partial charge in [0, 0.05) is 13.0 Å². The lowest BCUT2D eigenvalue weighted by Crippen LogP contribution is -2.29. The van der Waals surface area contributed by atoms with E-state index in [-0.39, 0.29) is 18.2 Å². The molecule has 0 radical (unpaired) electrons. The van der Waals surface area contributed by atoms with Crippen molar-refractivity contribution in [2.45, 2.75) is 13.3 Å². The van der Waals surface area contributed by atoms with Crippen molar-refractivity contribution < 1.29 is 14.7 Å². The monoisotopic (exact) mass is 211 g/mol. The second-order valence-corrected chi connectivity index (χ2v) is 3.38. The van der Waals surface area contributed by atoms with Crippen molar-refractivity contribution >= 4 is 11.9 Å². The first-order valence-electron chi connectivity index (χ1n) is 4.58. The van der Waals surface area contributed by atoms with Gasteiger partial charge in [0.2, 0.25) is 0 Å². The minimum absolute atomic E-state index is 0.0449. The molecule has 1 atom stereocenters. The van der Waals surface area contributed by atoms with Crippen LogP contribution in [0.15, 0.2) is 12.5 Å². The number of carboxylic acids is 1. The summed E-state index contributed by atoms with van der Waals surface area (Å²) >= 11 is 0. The third-order valence-corrected chi connectivity index (χ3v) is 1.88. The number of aromatic nitrogens is 2. The highest BCUT2D eigenvalue weighted by atomic mass is 16.4. The number of rotatable bonds is 5. The first kappa shape index (κ1) is 11.2. The maximum absolute atomic E-state index is 11.4. The molecule has 1 aromatic rings. The van der Waals surface area contributed by atoms with Gasteiger partial charge in [0.25, 0.3) is 5.91 Å². The van der Waals surface area contributed by atoms with Gasteiger partial charge in [-0.1, -0.05) is 6.92 Å². The molecule has 15 heavy (non-hydrogen) atoms. The van der Waals surface area contributed by atoms with Gasteiger partial charge in [0.1, 0.15) is 5.69 Å². The van der Waals surface area contributed by atoms with E-state index in [1.165, 1.54) is 12.5 Å². The highest BCUT2D eigenvalue weighted by molar-refractivity contribution is 5.91. The van der Waals surface area contributed by atoms with E-state index in [1.807, 2.05) is 0 Å². The summed E-state index contributed by atoms with van der Waals surface area (Å²) in [5, 5.41) is 11.1. The maximum Gasteiger partial charge on any atom is 0.303 e. The van der Waals surface area contributed by atoms with Gasteiger partial charge in [0.15, 0.2) is 0 Å². The lowest BCUT2D eigenvalue weighted by Gasteiger charge is -2.09. The van der Waals surface area contributed by atoms with Gasteiger partial charge in [-0.05, 0) is 5.92 Å². The summed E-state index contributed by atoms with van der Waals surface area (Å²) in [5.74, 6) is -1.22. The largest absolute Gasteiger partial charge is 0.481 e. The zero-order chi connectivity index (χ0) is 11.3. The molecular formula is C9H13N3O3. The summed E-state index contributed by atoms with van der Waals surface area (Å²) in [4.78, 5) is 28.1. The van der Waals surface area contributed by atoms with E-state index < -0.39 is 5.97 Å². The maximum atomic E-state index is 11.4. The summed E-state index contributed by atoms with van der Waals surface area (Å²) < 4.78 is 0. The van der Waals surface area contributed by atoms with Crippen LogP contribution in [0, 0.1) is 5.92 Å². The molecule has 6 heteroatoms. The Bertz CT molecular complexity index is 334. The van der Waals surface area contributed by atoms with Crippen molar-refractivity contribution in [2.75, 3.05) is 6.54 Å². The van der Waals surface area contributed by atoms with Crippen LogP contribution in [0.1, 0.15) is 23.8 Å². The average molecular weight is 211 g/mol. The number of carbonyl (C=O) groups is 2. The van der Waals surface area contributed by atoms with E-state index in [0.717, 1.165) is 0 Å². The summed E-state index contributed by atoms with van der Waals surface area (Å²) in [5.41, 5.74) is 0.373. The van der Waals surface area contributed by atoms with Crippen LogP contribution in [0.5, 0.6) is 0 Å². The molecule has 0 aliphatic carbocycles. The standard InChI is InChI=1S/C9H13N3O3/c1-6(2-8(13)14)3-11-9(15)7-4-10-5-12-7/h4-6H,2-3H2,1H3,(H,10,12)(H,11,15)(H,13,14). The molecule has 0 aromatic carbocycles. The Kier molecular flexibility index (Phi) is 3.84. The number of carboxylic acid groups (broad SMARTS) is 1. The van der Waals surface area contributed by atoms with Crippen LogP contribution in [0.25, 0.3) is 0 Å². The summed E-state index contributed by atoms with van der Waals surface area (Å²) in [6, 6.07) is 0. The van der Waals surface area contributed by atoms with Crippen molar-refractivity contribution in [1.29, 1.82) is 0 Å². The molecule has 0 aliphatic rings. The number of carbonyl (C=O) groups excluding carboxylic acids is 1. The molecule has 1 amide bonds. The van der Waals surface area contributed by atoms with E-state index in [9.17, 15) is 9.59 Å². The molecule has 1 aromatic heterocycles. The number of aromatic amines is 1. The number of amides is 1. The van der Waals surface area contributed by atoms with Crippen LogP contribution >= 0.6 is 0 Å². The Morgan fingerprint density at radius 1 is 1.67 bits per heavy atom. The lowest BCUT2D eigenvalue weighted by molar-refractivity contribution is -0.137. The Labute approximate surface area is 86.7 Å². The second kappa shape index (κ2) is 5.14. The third-order valence-electron chi connectivity index (χ3n) is 1.88. The smallest absolute Gasteiger partial charge is 0.303 e. The van der Waals surface area contributed by atoms with Crippen molar-refractivity contribution in [3.05, 3.63) is 18.2 Å². The van der Waals surface area contributed by atoms with Crippen LogP contribution in [0.2, 0.25) is 0 Å². The minimum Gasteiger partial charge on any atom is -0.481 e. The summed E-state index contributed by atoms with van der Waals surface area (Å²) in [6.45, 7) is 2.10. The van der Waals surface area contributed by atoms with E-state index >= 15 is 0 Å². The number of nitrogens with zero attached hydrogens (tertiary/aromatic N) is 1. The van der Waals surface area contributed by atoms with E-state index in [0.29, 0.717) is 12.2 Å². The lowest BCUT2D eigenvalue weighted by atomic mass is 10.1. The molecule has 3 N–H and O–H groups in total. The second-order valence-electron chi connectivity index (χ2n) is 3.38. The van der Waals surface area contributed by atoms with Gasteiger partial charge in [-0.25, -0.2) is 4.98 Å². The quantitative estimate of drug-likeness (QED) is 0.650. The normalized spacial score (nSPS) is 12.1. The number of nitrogens with one attached hydrogen (secondary N) is 2. The van der Waals surface area contributed by atoms with Crippen molar-refractivity contribution in [3.63, 3.8) is 0 Å². The van der Waals surface area contributed by atoms with Crippen molar-refractivity contribution in [1.82, 2.24) is 15.3 Å². The molecule has 0 fully saturated rings. The summed E-state index contributed by atoms with van der Waals surface area (Å²) in [7, 11) is 0. The molecule has 0 saturated heterocycles. The number of aliphatic carboxylic acids is 1. The van der Waals surface area contributed by atoms with Crippen molar-refractivity contribution in [3.8, 4) is 0 Å². The van der Waals surface area contributed by atoms with Crippen LogP contribution in [0.4, 0.5) is 0 Å². The fourth-order valence-electron chi connectivity index (χ4n) is 1.11. The van der Waals surface area contributed by atoms with Crippen LogP contribution in [0.3, 0.4) is 0 Å². The summed E-state index contributed by atoms with van der Waals surface area (Å²) in [6.07, 6.45) is 2.87. The van der Waals surface area contributed by atoms with E-state index in [4.69, 9.17) is 5.11 Å². The highest BCUT2D eigenvalue weighted by Gasteiger charge is 2.10. The van der Waals surface area contributed by atoms with Gasteiger partial charge in [0.05, 0.1) is 12.5 Å². The molecule has 0 spiro atoms. The molecule has 1 heterocycles. The first-order chi connectivity index (χ1) is 7.09. The predicted molar refractivity (Wildman–Crippen MR) is 52.3 cm³/mol. The molecule has 0 bridgehead atoms. The van der Waals surface area contributed by atoms with Gasteiger partial charge in [-0.3, -0.25) is 9.59 Å². The van der Waals surface area contributed by atoms with Crippen LogP contribution in [-0.4, -0.2) is 33.5 Å². The Hall–Kier alpha value is -1.85. The third kappa shape index (κ3) is 3.80. The number of H-pyrrole nitrogens is 1. The molecular weight excluding hydrogens is 198 g/mol. The predicted octanol–water partition coefficient (Wildman–Crippen LogP) is 0.250. The molecule has 0 aliphatic heterocycles. The fraction of sp³-hybridized carbons (Fsp3) is 0.444. The number of hydrogen-bond acceptors (Lipinski definition) is 3. The minimum atomic E-state index is -0.863. The van der Waals surface area contributed by atoms with Gasteiger partial charge >= 0.3 is 5.97 Å². The number of hydrogen-bond donors (Lipinski definition) is 3. The Morgan fingerprint density at radius 3 is 2.93 bits per heavy atom. The van der Waals surface area contributed by atoms with Gasteiger partial charge in [-0.15, -0.1) is 0 Å². The van der Waals surface area contributed by atoms with Gasteiger partial charge in [-0.2, -0.15) is 0 Å². The topological polar surface area (TPSA) is 95.1 Å². The molecule has 1 rings (SSSR count). The van der Waals surface area contributed by atoms with E-state index in [1.54, 1.807) is 6.92 Å². The van der Waals surface area contributed by atoms with Gasteiger partial charge < -0.3 is 15.4 Å². The SMILES string of the molecule is CC(CNC(=O)c1cnc[nH]1)CC(=O)O. The van der Waals surface area contributed by atoms with Crippen LogP contribution in [-0.2, 0) is 4.79 Å². The number of imidazole rings is 1. The first-order valence-corrected chi connectivity index (χ1v) is 4.58. The molecule has 6 nitrogen and oxygen atoms in total. The zero-order valence-electron chi connectivity index (χ0n) is 8.36. The molecule has 1 unspecified atom stereocenters. The molecule has 0 saturated carbocycles. The van der Waals surface area contributed by atoms with Crippen LogP contribution < -0.4 is 5.32 Å². The molecule has 82 valence electrons. The zero-order valence-corrected chi connectivity index (χ0v) is 8.36. The van der Waals surface area contributed by atoms with Crippen molar-refractivity contribution in [2.24, 2.45) is 5.92 Å².